The van der Waals surface area contributed by atoms with Crippen LogP contribution in [0.15, 0.2) is 36.7 Å². The van der Waals surface area contributed by atoms with Crippen LogP contribution >= 0.6 is 0 Å². The van der Waals surface area contributed by atoms with Gasteiger partial charge in [0.05, 0.1) is 11.3 Å². The number of hydrogen-bond donors (Lipinski definition) is 2. The van der Waals surface area contributed by atoms with Crippen LogP contribution in [0.4, 0.5) is 5.69 Å². The zero-order valence-corrected chi connectivity index (χ0v) is 11.7. The normalized spacial score (nSPS) is 13.0. The Kier molecular flexibility index (Phi) is 4.04. The molecule has 0 spiro atoms. The second-order valence-corrected chi connectivity index (χ2v) is 4.84. The lowest BCUT2D eigenvalue weighted by molar-refractivity contribution is 0.0948. The van der Waals surface area contributed by atoms with Crippen molar-refractivity contribution in [2.75, 3.05) is 25.0 Å². The van der Waals surface area contributed by atoms with Gasteiger partial charge in [0, 0.05) is 32.0 Å². The van der Waals surface area contributed by atoms with Crippen molar-refractivity contribution >= 4 is 11.6 Å². The summed E-state index contributed by atoms with van der Waals surface area (Å²) < 4.78 is 7.45. The van der Waals surface area contributed by atoms with Crippen molar-refractivity contribution in [3.8, 4) is 5.75 Å². The Labute approximate surface area is 123 Å². The maximum atomic E-state index is 12.2. The second kappa shape index (κ2) is 6.30. The van der Waals surface area contributed by atoms with E-state index in [1.807, 2.05) is 29.1 Å². The number of carbonyl (C=O) groups excluding carboxylic acids is 1. The van der Waals surface area contributed by atoms with E-state index in [0.717, 1.165) is 25.2 Å². The van der Waals surface area contributed by atoms with Crippen LogP contribution in [0.5, 0.6) is 5.75 Å². The molecule has 0 aliphatic carbocycles. The number of ether oxygens (including phenoxy) is 1. The van der Waals surface area contributed by atoms with Gasteiger partial charge in [-0.25, -0.2) is 0 Å². The van der Waals surface area contributed by atoms with E-state index in [4.69, 9.17) is 4.74 Å². The lowest BCUT2D eigenvalue weighted by atomic mass is 10.1. The molecule has 2 N–H and O–H groups in total. The van der Waals surface area contributed by atoms with Crippen LogP contribution in [0, 0.1) is 0 Å². The number of nitrogens with one attached hydrogen (secondary N) is 2. The Bertz CT molecular complexity index is 610. The van der Waals surface area contributed by atoms with Gasteiger partial charge in [-0.2, -0.15) is 5.10 Å². The molecule has 0 saturated heterocycles. The third-order valence-electron chi connectivity index (χ3n) is 3.33. The average Bonchev–Trinajstić information content (AvgIpc) is 3.04. The molecular weight excluding hydrogens is 268 g/mol. The van der Waals surface area contributed by atoms with Crippen LogP contribution in [0.3, 0.4) is 0 Å². The summed E-state index contributed by atoms with van der Waals surface area (Å²) in [4.78, 5) is 12.2. The lowest BCUT2D eigenvalue weighted by Crippen LogP contribution is -2.27. The summed E-state index contributed by atoms with van der Waals surface area (Å²) in [6.45, 7) is 2.74. The smallest absolute Gasteiger partial charge is 0.255 e. The van der Waals surface area contributed by atoms with Crippen molar-refractivity contribution in [2.45, 2.75) is 13.0 Å². The molecule has 0 bridgehead atoms. The van der Waals surface area contributed by atoms with E-state index < -0.39 is 0 Å². The van der Waals surface area contributed by atoms with E-state index in [1.54, 1.807) is 12.3 Å². The molecule has 110 valence electrons. The molecule has 21 heavy (non-hydrogen) atoms. The number of nitrogens with zero attached hydrogens (tertiary/aromatic N) is 2. The molecule has 0 saturated carbocycles. The van der Waals surface area contributed by atoms with E-state index in [0.29, 0.717) is 24.5 Å². The summed E-state index contributed by atoms with van der Waals surface area (Å²) in [5.41, 5.74) is 1.46. The van der Waals surface area contributed by atoms with E-state index in [-0.39, 0.29) is 5.91 Å². The molecule has 1 amide bonds. The van der Waals surface area contributed by atoms with E-state index >= 15 is 0 Å². The van der Waals surface area contributed by atoms with Crippen molar-refractivity contribution in [3.05, 3.63) is 42.2 Å². The van der Waals surface area contributed by atoms with Gasteiger partial charge in [0.1, 0.15) is 6.61 Å². The van der Waals surface area contributed by atoms with Crippen LogP contribution in [-0.4, -0.2) is 35.4 Å². The molecule has 2 aromatic rings. The zero-order chi connectivity index (χ0) is 14.5. The molecule has 2 heterocycles. The molecule has 0 atom stereocenters. The molecular formula is C15H18N4O2. The molecule has 3 rings (SSSR count). The fourth-order valence-corrected chi connectivity index (χ4v) is 2.32. The van der Waals surface area contributed by atoms with E-state index in [9.17, 15) is 4.79 Å². The van der Waals surface area contributed by atoms with Gasteiger partial charge in [-0.15, -0.1) is 0 Å². The van der Waals surface area contributed by atoms with Gasteiger partial charge in [0.2, 0.25) is 0 Å². The van der Waals surface area contributed by atoms with Gasteiger partial charge in [-0.05, 0) is 24.6 Å². The number of carbonyl (C=O) groups is 1. The number of aryl methyl sites for hydroxylation is 1. The number of fused-ring (bicyclic) bond motifs is 1. The molecule has 1 aromatic carbocycles. The molecule has 1 aromatic heterocycles. The quantitative estimate of drug-likeness (QED) is 0.818. The van der Waals surface area contributed by atoms with Crippen LogP contribution in [0.1, 0.15) is 16.8 Å². The largest absolute Gasteiger partial charge is 0.489 e. The van der Waals surface area contributed by atoms with Gasteiger partial charge in [-0.1, -0.05) is 6.07 Å². The molecule has 0 radical (unpaired) electrons. The topological polar surface area (TPSA) is 68.2 Å². The van der Waals surface area contributed by atoms with Crippen molar-refractivity contribution in [3.63, 3.8) is 0 Å². The van der Waals surface area contributed by atoms with Crippen molar-refractivity contribution in [1.29, 1.82) is 0 Å². The average molecular weight is 286 g/mol. The monoisotopic (exact) mass is 286 g/mol. The van der Waals surface area contributed by atoms with Crippen molar-refractivity contribution < 1.29 is 9.53 Å². The molecule has 1 aliphatic rings. The standard InChI is InChI=1S/C15H18N4O2/c20-15(17-6-2-9-19-10-3-7-18-19)12-4-1-5-13-14(12)21-11-8-16-13/h1,3-5,7,10,16H,2,6,8-9,11H2,(H,17,20). The Balaban J connectivity index is 1.56. The van der Waals surface area contributed by atoms with Crippen molar-refractivity contribution in [2.24, 2.45) is 0 Å². The zero-order valence-electron chi connectivity index (χ0n) is 11.7. The number of rotatable bonds is 5. The highest BCUT2D eigenvalue weighted by Gasteiger charge is 2.18. The summed E-state index contributed by atoms with van der Waals surface area (Å²) in [5.74, 6) is 0.546. The first-order valence-electron chi connectivity index (χ1n) is 7.10. The summed E-state index contributed by atoms with van der Waals surface area (Å²) in [6.07, 6.45) is 4.50. The first kappa shape index (κ1) is 13.5. The first-order chi connectivity index (χ1) is 10.3. The summed E-state index contributed by atoms with van der Waals surface area (Å²) in [5, 5.41) is 10.3. The molecule has 0 fully saturated rings. The van der Waals surface area contributed by atoms with Crippen molar-refractivity contribution in [1.82, 2.24) is 15.1 Å². The van der Waals surface area contributed by atoms with Gasteiger partial charge in [-0.3, -0.25) is 9.48 Å². The predicted octanol–water partition coefficient (Wildman–Crippen LogP) is 1.51. The number of amides is 1. The van der Waals surface area contributed by atoms with E-state index in [1.165, 1.54) is 0 Å². The number of benzene rings is 1. The SMILES string of the molecule is O=C(NCCCn1cccn1)c1cccc2c1OCCN2. The Morgan fingerprint density at radius 2 is 2.38 bits per heavy atom. The fourth-order valence-electron chi connectivity index (χ4n) is 2.32. The molecule has 0 unspecified atom stereocenters. The molecule has 6 heteroatoms. The third kappa shape index (κ3) is 3.16. The highest BCUT2D eigenvalue weighted by atomic mass is 16.5. The van der Waals surface area contributed by atoms with Crippen LogP contribution in [0.2, 0.25) is 0 Å². The van der Waals surface area contributed by atoms with Crippen LogP contribution < -0.4 is 15.4 Å². The number of hydrogen-bond acceptors (Lipinski definition) is 4. The lowest BCUT2D eigenvalue weighted by Gasteiger charge is -2.21. The van der Waals surface area contributed by atoms with Gasteiger partial charge < -0.3 is 15.4 Å². The molecule has 1 aliphatic heterocycles. The number of aromatic nitrogens is 2. The fraction of sp³-hybridized carbons (Fsp3) is 0.333. The summed E-state index contributed by atoms with van der Waals surface area (Å²) in [7, 11) is 0. The Morgan fingerprint density at radius 3 is 3.24 bits per heavy atom. The third-order valence-corrected chi connectivity index (χ3v) is 3.33. The summed E-state index contributed by atoms with van der Waals surface area (Å²) in [6, 6.07) is 7.45. The minimum absolute atomic E-state index is 0.101. The Morgan fingerprint density at radius 1 is 1.43 bits per heavy atom. The summed E-state index contributed by atoms with van der Waals surface area (Å²) >= 11 is 0. The number of para-hydroxylation sites is 1. The minimum Gasteiger partial charge on any atom is -0.489 e. The minimum atomic E-state index is -0.101. The second-order valence-electron chi connectivity index (χ2n) is 4.84. The number of anilines is 1. The van der Waals surface area contributed by atoms with Gasteiger partial charge >= 0.3 is 0 Å². The van der Waals surface area contributed by atoms with E-state index in [2.05, 4.69) is 15.7 Å². The van der Waals surface area contributed by atoms with Gasteiger partial charge in [0.25, 0.3) is 5.91 Å². The maximum absolute atomic E-state index is 12.2. The highest BCUT2D eigenvalue weighted by molar-refractivity contribution is 5.98. The Hall–Kier alpha value is -2.50. The molecule has 6 nitrogen and oxygen atoms in total. The van der Waals surface area contributed by atoms with Crippen LogP contribution in [0.25, 0.3) is 0 Å². The maximum Gasteiger partial charge on any atom is 0.255 e. The van der Waals surface area contributed by atoms with Crippen LogP contribution in [-0.2, 0) is 6.54 Å². The predicted molar refractivity (Wildman–Crippen MR) is 79.6 cm³/mol. The van der Waals surface area contributed by atoms with Gasteiger partial charge in [0.15, 0.2) is 5.75 Å². The first-order valence-corrected chi connectivity index (χ1v) is 7.10. The highest BCUT2D eigenvalue weighted by Crippen LogP contribution is 2.30.